The van der Waals surface area contributed by atoms with E-state index in [-0.39, 0.29) is 5.91 Å². The molecule has 3 aromatic rings. The van der Waals surface area contributed by atoms with Crippen LogP contribution in [-0.2, 0) is 13.6 Å². The van der Waals surface area contributed by atoms with E-state index >= 15 is 0 Å². The number of carbonyl (C=O) groups is 1. The van der Waals surface area contributed by atoms with Gasteiger partial charge in [0.1, 0.15) is 5.01 Å². The quantitative estimate of drug-likeness (QED) is 0.793. The summed E-state index contributed by atoms with van der Waals surface area (Å²) < 4.78 is 1.92. The number of amides is 1. The minimum Gasteiger partial charge on any atom is -0.346 e. The zero-order chi connectivity index (χ0) is 13.2. The second-order valence-corrected chi connectivity index (χ2v) is 5.15. The number of nitrogens with one attached hydrogen (secondary N) is 1. The molecular formula is C13H12N4OS. The monoisotopic (exact) mass is 272 g/mol. The SMILES string of the molecule is Cn1cnc2cc(C(=O)NCc3nccs3)ccc21. The largest absolute Gasteiger partial charge is 0.346 e. The van der Waals surface area contributed by atoms with Gasteiger partial charge in [-0.3, -0.25) is 4.79 Å². The lowest BCUT2D eigenvalue weighted by molar-refractivity contribution is 0.0951. The Labute approximate surface area is 113 Å². The van der Waals surface area contributed by atoms with E-state index in [4.69, 9.17) is 0 Å². The summed E-state index contributed by atoms with van der Waals surface area (Å²) in [4.78, 5) is 20.4. The molecule has 2 aromatic heterocycles. The van der Waals surface area contributed by atoms with E-state index in [1.165, 1.54) is 11.3 Å². The van der Waals surface area contributed by atoms with Gasteiger partial charge < -0.3 is 9.88 Å². The Hall–Kier alpha value is -2.21. The predicted molar refractivity (Wildman–Crippen MR) is 74.0 cm³/mol. The second kappa shape index (κ2) is 4.81. The standard InChI is InChI=1S/C13H12N4OS/c1-17-8-16-10-6-9(2-3-11(10)17)13(18)15-7-12-14-4-5-19-12/h2-6,8H,7H2,1H3,(H,15,18). The highest BCUT2D eigenvalue weighted by molar-refractivity contribution is 7.09. The summed E-state index contributed by atoms with van der Waals surface area (Å²) >= 11 is 1.52. The van der Waals surface area contributed by atoms with Gasteiger partial charge in [0, 0.05) is 24.2 Å². The van der Waals surface area contributed by atoms with Gasteiger partial charge >= 0.3 is 0 Å². The van der Waals surface area contributed by atoms with Crippen molar-refractivity contribution in [2.75, 3.05) is 0 Å². The molecule has 0 bridgehead atoms. The van der Waals surface area contributed by atoms with Crippen molar-refractivity contribution in [3.63, 3.8) is 0 Å². The summed E-state index contributed by atoms with van der Waals surface area (Å²) in [6.07, 6.45) is 3.47. The van der Waals surface area contributed by atoms with Crippen LogP contribution in [0, 0.1) is 0 Å². The Balaban J connectivity index is 1.77. The summed E-state index contributed by atoms with van der Waals surface area (Å²) in [5.74, 6) is -0.109. The topological polar surface area (TPSA) is 59.8 Å². The molecule has 0 aliphatic carbocycles. The van der Waals surface area contributed by atoms with E-state index in [0.717, 1.165) is 16.0 Å². The smallest absolute Gasteiger partial charge is 0.251 e. The van der Waals surface area contributed by atoms with Gasteiger partial charge in [-0.2, -0.15) is 0 Å². The van der Waals surface area contributed by atoms with E-state index in [9.17, 15) is 4.79 Å². The third-order valence-electron chi connectivity index (χ3n) is 2.87. The lowest BCUT2D eigenvalue weighted by atomic mass is 10.2. The van der Waals surface area contributed by atoms with Gasteiger partial charge in [0.15, 0.2) is 0 Å². The summed E-state index contributed by atoms with van der Waals surface area (Å²) in [5.41, 5.74) is 2.45. The molecule has 1 amide bonds. The second-order valence-electron chi connectivity index (χ2n) is 4.17. The van der Waals surface area contributed by atoms with Crippen LogP contribution < -0.4 is 5.32 Å². The Morgan fingerprint density at radius 2 is 2.32 bits per heavy atom. The van der Waals surface area contributed by atoms with Crippen molar-refractivity contribution in [3.8, 4) is 0 Å². The molecule has 0 aliphatic rings. The van der Waals surface area contributed by atoms with E-state index < -0.39 is 0 Å². The molecule has 0 unspecified atom stereocenters. The summed E-state index contributed by atoms with van der Waals surface area (Å²) in [6.45, 7) is 0.455. The van der Waals surface area contributed by atoms with Gasteiger partial charge in [0.2, 0.25) is 0 Å². The van der Waals surface area contributed by atoms with Crippen molar-refractivity contribution in [1.29, 1.82) is 0 Å². The van der Waals surface area contributed by atoms with E-state index in [1.54, 1.807) is 24.7 Å². The highest BCUT2D eigenvalue weighted by atomic mass is 32.1. The first-order valence-electron chi connectivity index (χ1n) is 5.82. The summed E-state index contributed by atoms with van der Waals surface area (Å²) in [5, 5.41) is 5.63. The Kier molecular flexibility index (Phi) is 3.00. The molecule has 0 radical (unpaired) electrons. The number of aromatic nitrogens is 3. The highest BCUT2D eigenvalue weighted by Gasteiger charge is 2.08. The molecule has 1 N–H and O–H groups in total. The zero-order valence-corrected chi connectivity index (χ0v) is 11.1. The molecule has 0 fully saturated rings. The number of carbonyl (C=O) groups excluding carboxylic acids is 1. The van der Waals surface area contributed by atoms with Crippen molar-refractivity contribution >= 4 is 28.3 Å². The van der Waals surface area contributed by atoms with Gasteiger partial charge in [-0.25, -0.2) is 9.97 Å². The molecule has 0 saturated carbocycles. The van der Waals surface area contributed by atoms with Crippen LogP contribution in [-0.4, -0.2) is 20.4 Å². The molecule has 2 heterocycles. The summed E-state index contributed by atoms with van der Waals surface area (Å²) in [7, 11) is 1.93. The van der Waals surface area contributed by atoms with Gasteiger partial charge in [0.05, 0.1) is 23.9 Å². The Bertz CT molecular complexity index is 717. The molecule has 6 heteroatoms. The molecule has 3 rings (SSSR count). The Morgan fingerprint density at radius 1 is 1.42 bits per heavy atom. The molecule has 5 nitrogen and oxygen atoms in total. The number of nitrogens with zero attached hydrogens (tertiary/aromatic N) is 3. The van der Waals surface area contributed by atoms with Crippen molar-refractivity contribution < 1.29 is 4.79 Å². The first-order chi connectivity index (χ1) is 9.24. The first kappa shape index (κ1) is 11.9. The fourth-order valence-electron chi connectivity index (χ4n) is 1.88. The maximum absolute atomic E-state index is 12.0. The lowest BCUT2D eigenvalue weighted by Crippen LogP contribution is -2.22. The number of thiazole rings is 1. The van der Waals surface area contributed by atoms with Crippen LogP contribution >= 0.6 is 11.3 Å². The molecular weight excluding hydrogens is 260 g/mol. The number of fused-ring (bicyclic) bond motifs is 1. The highest BCUT2D eigenvalue weighted by Crippen LogP contribution is 2.14. The maximum atomic E-state index is 12.0. The third-order valence-corrected chi connectivity index (χ3v) is 3.65. The maximum Gasteiger partial charge on any atom is 0.251 e. The Morgan fingerprint density at radius 3 is 3.11 bits per heavy atom. The fraction of sp³-hybridized carbons (Fsp3) is 0.154. The van der Waals surface area contributed by atoms with Crippen LogP contribution in [0.5, 0.6) is 0 Å². The van der Waals surface area contributed by atoms with Gasteiger partial charge in [-0.15, -0.1) is 11.3 Å². The average Bonchev–Trinajstić information content (AvgIpc) is 3.06. The predicted octanol–water partition coefficient (Wildman–Crippen LogP) is 1.96. The van der Waals surface area contributed by atoms with Crippen molar-refractivity contribution in [1.82, 2.24) is 19.9 Å². The number of aryl methyl sites for hydroxylation is 1. The van der Waals surface area contributed by atoms with Crippen LogP contribution in [0.1, 0.15) is 15.4 Å². The van der Waals surface area contributed by atoms with Crippen LogP contribution in [0.15, 0.2) is 36.1 Å². The molecule has 0 saturated heterocycles. The molecule has 1 aromatic carbocycles. The van der Waals surface area contributed by atoms with Crippen LogP contribution in [0.2, 0.25) is 0 Å². The van der Waals surface area contributed by atoms with Crippen LogP contribution in [0.4, 0.5) is 0 Å². The number of rotatable bonds is 3. The van der Waals surface area contributed by atoms with E-state index in [1.807, 2.05) is 23.1 Å². The fourth-order valence-corrected chi connectivity index (χ4v) is 2.43. The van der Waals surface area contributed by atoms with Crippen molar-refractivity contribution in [3.05, 3.63) is 46.7 Å². The van der Waals surface area contributed by atoms with E-state index in [0.29, 0.717) is 12.1 Å². The average molecular weight is 272 g/mol. The lowest BCUT2D eigenvalue weighted by Gasteiger charge is -2.03. The molecule has 96 valence electrons. The summed E-state index contributed by atoms with van der Waals surface area (Å²) in [6, 6.07) is 5.51. The van der Waals surface area contributed by atoms with Gasteiger partial charge in [-0.1, -0.05) is 0 Å². The van der Waals surface area contributed by atoms with Crippen molar-refractivity contribution in [2.45, 2.75) is 6.54 Å². The normalized spacial score (nSPS) is 10.8. The minimum atomic E-state index is -0.109. The first-order valence-corrected chi connectivity index (χ1v) is 6.69. The molecule has 19 heavy (non-hydrogen) atoms. The van der Waals surface area contributed by atoms with E-state index in [2.05, 4.69) is 15.3 Å². The molecule has 0 aliphatic heterocycles. The van der Waals surface area contributed by atoms with Gasteiger partial charge in [0.25, 0.3) is 5.91 Å². The third kappa shape index (κ3) is 2.34. The number of hydrogen-bond donors (Lipinski definition) is 1. The molecule has 0 atom stereocenters. The minimum absolute atomic E-state index is 0.109. The van der Waals surface area contributed by atoms with Gasteiger partial charge in [-0.05, 0) is 18.2 Å². The van der Waals surface area contributed by atoms with Crippen LogP contribution in [0.25, 0.3) is 11.0 Å². The molecule has 0 spiro atoms. The zero-order valence-electron chi connectivity index (χ0n) is 10.3. The number of hydrogen-bond acceptors (Lipinski definition) is 4. The van der Waals surface area contributed by atoms with Crippen LogP contribution in [0.3, 0.4) is 0 Å². The number of benzene rings is 1. The van der Waals surface area contributed by atoms with Crippen molar-refractivity contribution in [2.24, 2.45) is 7.05 Å². The number of imidazole rings is 1.